The zero-order valence-corrected chi connectivity index (χ0v) is 13.6. The smallest absolute Gasteiger partial charge is 0.251 e. The molecule has 3 heteroatoms. The lowest BCUT2D eigenvalue weighted by Gasteiger charge is -2.20. The van der Waals surface area contributed by atoms with Crippen molar-refractivity contribution in [1.82, 2.24) is 5.32 Å². The number of amides is 1. The number of carbonyl (C=O) groups is 1. The van der Waals surface area contributed by atoms with Gasteiger partial charge in [0.2, 0.25) is 0 Å². The van der Waals surface area contributed by atoms with Crippen LogP contribution < -0.4 is 10.1 Å². The molecule has 1 N–H and O–H groups in total. The molecule has 0 aromatic heterocycles. The molecule has 0 aliphatic rings. The highest BCUT2D eigenvalue weighted by molar-refractivity contribution is 5.95. The lowest BCUT2D eigenvalue weighted by Crippen LogP contribution is -2.40. The van der Waals surface area contributed by atoms with Gasteiger partial charge in [-0.05, 0) is 51.5 Å². The Labute approximate surface area is 132 Å². The summed E-state index contributed by atoms with van der Waals surface area (Å²) in [6.45, 7) is 8.43. The van der Waals surface area contributed by atoms with Crippen LogP contribution in [0, 0.1) is 6.92 Å². The molecule has 2 aromatic rings. The van der Waals surface area contributed by atoms with Gasteiger partial charge in [0.15, 0.2) is 0 Å². The van der Waals surface area contributed by atoms with Crippen molar-refractivity contribution in [1.29, 1.82) is 0 Å². The van der Waals surface area contributed by atoms with Crippen molar-refractivity contribution in [2.24, 2.45) is 0 Å². The Morgan fingerprint density at radius 2 is 1.82 bits per heavy atom. The minimum Gasteiger partial charge on any atom is -0.489 e. The van der Waals surface area contributed by atoms with E-state index in [4.69, 9.17) is 4.74 Å². The molecular weight excluding hydrogens is 274 g/mol. The summed E-state index contributed by atoms with van der Waals surface area (Å²) in [4.78, 5) is 12.2. The van der Waals surface area contributed by atoms with Crippen molar-refractivity contribution >= 4 is 5.91 Å². The summed E-state index contributed by atoms with van der Waals surface area (Å²) in [5.74, 6) is 0.608. The predicted octanol–water partition coefficient (Wildman–Crippen LogP) is 4.10. The van der Waals surface area contributed by atoms with Gasteiger partial charge in [-0.1, -0.05) is 35.9 Å². The molecule has 116 valence electrons. The number of benzene rings is 2. The summed E-state index contributed by atoms with van der Waals surface area (Å²) >= 11 is 0. The fourth-order valence-electron chi connectivity index (χ4n) is 2.11. The molecule has 2 rings (SSSR count). The second kappa shape index (κ2) is 6.65. The number of nitrogens with one attached hydrogen (secondary N) is 1. The van der Waals surface area contributed by atoms with Gasteiger partial charge in [-0.3, -0.25) is 4.79 Å². The maximum atomic E-state index is 12.2. The maximum Gasteiger partial charge on any atom is 0.251 e. The fraction of sp³-hybridized carbons (Fsp3) is 0.316. The number of carbonyl (C=O) groups excluding carboxylic acids is 1. The van der Waals surface area contributed by atoms with Gasteiger partial charge < -0.3 is 10.1 Å². The molecule has 2 aromatic carbocycles. The first kappa shape index (κ1) is 16.1. The molecule has 0 fully saturated rings. The Hall–Kier alpha value is -2.29. The lowest BCUT2D eigenvalue weighted by molar-refractivity contribution is 0.0919. The molecular formula is C19H23NO2. The summed E-state index contributed by atoms with van der Waals surface area (Å²) in [5, 5.41) is 2.95. The summed E-state index contributed by atoms with van der Waals surface area (Å²) in [6, 6.07) is 15.5. The zero-order valence-electron chi connectivity index (χ0n) is 13.6. The second-order valence-corrected chi connectivity index (χ2v) is 6.51. The van der Waals surface area contributed by atoms with E-state index in [1.165, 1.54) is 5.56 Å². The van der Waals surface area contributed by atoms with Crippen molar-refractivity contribution in [3.05, 3.63) is 65.2 Å². The van der Waals surface area contributed by atoms with E-state index in [2.05, 4.69) is 24.4 Å². The Balaban J connectivity index is 2.04. The van der Waals surface area contributed by atoms with Crippen molar-refractivity contribution < 1.29 is 9.53 Å². The molecule has 3 nitrogen and oxygen atoms in total. The Morgan fingerprint density at radius 3 is 2.50 bits per heavy atom. The molecule has 0 heterocycles. The zero-order chi connectivity index (χ0) is 16.2. The van der Waals surface area contributed by atoms with E-state index >= 15 is 0 Å². The Bertz CT molecular complexity index is 656. The lowest BCUT2D eigenvalue weighted by atomic mass is 10.1. The minimum atomic E-state index is -0.254. The van der Waals surface area contributed by atoms with Crippen LogP contribution in [-0.4, -0.2) is 11.4 Å². The quantitative estimate of drug-likeness (QED) is 0.922. The topological polar surface area (TPSA) is 38.3 Å². The first-order valence-corrected chi connectivity index (χ1v) is 7.44. The Kier molecular flexibility index (Phi) is 4.86. The number of hydrogen-bond acceptors (Lipinski definition) is 2. The number of aryl methyl sites for hydroxylation is 1. The van der Waals surface area contributed by atoms with E-state index in [9.17, 15) is 4.79 Å². The van der Waals surface area contributed by atoms with Crippen LogP contribution >= 0.6 is 0 Å². The maximum absolute atomic E-state index is 12.2. The van der Waals surface area contributed by atoms with Crippen LogP contribution in [0.25, 0.3) is 0 Å². The van der Waals surface area contributed by atoms with Gasteiger partial charge >= 0.3 is 0 Å². The first-order valence-electron chi connectivity index (χ1n) is 7.44. The van der Waals surface area contributed by atoms with Gasteiger partial charge in [-0.25, -0.2) is 0 Å². The minimum absolute atomic E-state index is 0.0893. The van der Waals surface area contributed by atoms with E-state index in [-0.39, 0.29) is 11.4 Å². The van der Waals surface area contributed by atoms with Crippen LogP contribution in [-0.2, 0) is 6.61 Å². The molecule has 0 radical (unpaired) electrons. The third kappa shape index (κ3) is 4.92. The largest absolute Gasteiger partial charge is 0.489 e. The van der Waals surface area contributed by atoms with Crippen LogP contribution in [0.1, 0.15) is 42.3 Å². The monoisotopic (exact) mass is 297 g/mol. The molecule has 22 heavy (non-hydrogen) atoms. The molecule has 0 aliphatic carbocycles. The normalized spacial score (nSPS) is 11.1. The van der Waals surface area contributed by atoms with Gasteiger partial charge in [0.05, 0.1) is 0 Å². The first-order chi connectivity index (χ1) is 10.3. The van der Waals surface area contributed by atoms with Crippen molar-refractivity contribution in [2.75, 3.05) is 0 Å². The van der Waals surface area contributed by atoms with Crippen molar-refractivity contribution in [3.8, 4) is 5.75 Å². The van der Waals surface area contributed by atoms with Gasteiger partial charge in [0, 0.05) is 11.1 Å². The van der Waals surface area contributed by atoms with E-state index in [1.54, 1.807) is 12.1 Å². The van der Waals surface area contributed by atoms with Gasteiger partial charge in [-0.2, -0.15) is 0 Å². The average Bonchev–Trinajstić information content (AvgIpc) is 2.44. The standard InChI is InChI=1S/C19H23NO2/c1-14-7-5-8-15(11-14)13-22-17-10-6-9-16(12-17)18(21)20-19(2,3)4/h5-12H,13H2,1-4H3,(H,20,21). The van der Waals surface area contributed by atoms with E-state index in [1.807, 2.05) is 45.0 Å². The molecule has 0 bridgehead atoms. The number of ether oxygens (including phenoxy) is 1. The van der Waals surface area contributed by atoms with Gasteiger partial charge in [0.1, 0.15) is 12.4 Å². The average molecular weight is 297 g/mol. The molecule has 0 saturated carbocycles. The van der Waals surface area contributed by atoms with E-state index < -0.39 is 0 Å². The highest BCUT2D eigenvalue weighted by Gasteiger charge is 2.15. The van der Waals surface area contributed by atoms with E-state index in [0.717, 1.165) is 5.56 Å². The Morgan fingerprint density at radius 1 is 1.09 bits per heavy atom. The van der Waals surface area contributed by atoms with Gasteiger partial charge in [-0.15, -0.1) is 0 Å². The second-order valence-electron chi connectivity index (χ2n) is 6.51. The molecule has 0 aliphatic heterocycles. The summed E-state index contributed by atoms with van der Waals surface area (Å²) < 4.78 is 5.79. The molecule has 1 amide bonds. The van der Waals surface area contributed by atoms with Crippen LogP contribution in [0.15, 0.2) is 48.5 Å². The third-order valence-electron chi connectivity index (χ3n) is 3.07. The SMILES string of the molecule is Cc1cccc(COc2cccc(C(=O)NC(C)(C)C)c2)c1. The third-order valence-corrected chi connectivity index (χ3v) is 3.07. The number of hydrogen-bond donors (Lipinski definition) is 1. The molecule has 0 atom stereocenters. The van der Waals surface area contributed by atoms with E-state index in [0.29, 0.717) is 17.9 Å². The van der Waals surface area contributed by atoms with Crippen LogP contribution in [0.5, 0.6) is 5.75 Å². The van der Waals surface area contributed by atoms with Crippen LogP contribution in [0.3, 0.4) is 0 Å². The van der Waals surface area contributed by atoms with Gasteiger partial charge in [0.25, 0.3) is 5.91 Å². The fourth-order valence-corrected chi connectivity index (χ4v) is 2.11. The van der Waals surface area contributed by atoms with Crippen molar-refractivity contribution in [3.63, 3.8) is 0 Å². The molecule has 0 unspecified atom stereocenters. The molecule has 0 spiro atoms. The van der Waals surface area contributed by atoms with Crippen LogP contribution in [0.4, 0.5) is 0 Å². The summed E-state index contributed by atoms with van der Waals surface area (Å²) in [6.07, 6.45) is 0. The predicted molar refractivity (Wildman–Crippen MR) is 89.2 cm³/mol. The van der Waals surface area contributed by atoms with Crippen LogP contribution in [0.2, 0.25) is 0 Å². The highest BCUT2D eigenvalue weighted by atomic mass is 16.5. The molecule has 0 saturated heterocycles. The van der Waals surface area contributed by atoms with Crippen molar-refractivity contribution in [2.45, 2.75) is 39.8 Å². The summed E-state index contributed by atoms with van der Waals surface area (Å²) in [5.41, 5.74) is 2.68. The number of rotatable bonds is 4. The summed E-state index contributed by atoms with van der Waals surface area (Å²) in [7, 11) is 0. The highest BCUT2D eigenvalue weighted by Crippen LogP contribution is 2.16.